The summed E-state index contributed by atoms with van der Waals surface area (Å²) in [5.41, 5.74) is 0.00843. The highest BCUT2D eigenvalue weighted by Gasteiger charge is 2.33. The molecule has 22 heavy (non-hydrogen) atoms. The minimum absolute atomic E-state index is 0.0392. The molecule has 1 fully saturated rings. The summed E-state index contributed by atoms with van der Waals surface area (Å²) in [7, 11) is 0. The fraction of sp³-hybridized carbons (Fsp3) is 0.500. The summed E-state index contributed by atoms with van der Waals surface area (Å²) in [6.45, 7) is 5.79. The van der Waals surface area contributed by atoms with Gasteiger partial charge in [-0.3, -0.25) is 9.59 Å². The molecule has 1 aromatic carbocycles. The molecule has 0 atom stereocenters. The smallest absolute Gasteiger partial charge is 0.254 e. The Labute approximate surface area is 141 Å². The lowest BCUT2D eigenvalue weighted by Gasteiger charge is -2.38. The molecule has 0 radical (unpaired) electrons. The quantitative estimate of drug-likeness (QED) is 0.792. The normalized spacial score (nSPS) is 15.8. The van der Waals surface area contributed by atoms with Gasteiger partial charge in [0.1, 0.15) is 0 Å². The van der Waals surface area contributed by atoms with Gasteiger partial charge in [0, 0.05) is 42.6 Å². The molecule has 0 unspecified atom stereocenters. The van der Waals surface area contributed by atoms with Crippen LogP contribution in [0.3, 0.4) is 0 Å². The first-order valence-corrected chi connectivity index (χ1v) is 8.16. The fourth-order valence-corrected chi connectivity index (χ4v) is 2.71. The number of alkyl halides is 1. The third-order valence-electron chi connectivity index (χ3n) is 3.84. The predicted molar refractivity (Wildman–Crippen MR) is 88.4 cm³/mol. The molecule has 0 spiro atoms. The van der Waals surface area contributed by atoms with Crippen LogP contribution >= 0.6 is 23.2 Å². The van der Waals surface area contributed by atoms with Crippen LogP contribution in [0.4, 0.5) is 0 Å². The van der Waals surface area contributed by atoms with Crippen LogP contribution in [0.15, 0.2) is 24.3 Å². The van der Waals surface area contributed by atoms with Gasteiger partial charge in [0.05, 0.1) is 5.41 Å². The summed E-state index contributed by atoms with van der Waals surface area (Å²) >= 11 is 11.8. The second-order valence-corrected chi connectivity index (χ2v) is 6.82. The van der Waals surface area contributed by atoms with Crippen molar-refractivity contribution in [2.24, 2.45) is 5.41 Å². The van der Waals surface area contributed by atoms with Crippen molar-refractivity contribution < 1.29 is 9.59 Å². The van der Waals surface area contributed by atoms with Gasteiger partial charge in [-0.15, -0.1) is 11.6 Å². The Hall–Kier alpha value is -1.26. The van der Waals surface area contributed by atoms with Crippen LogP contribution in [0.25, 0.3) is 0 Å². The van der Waals surface area contributed by atoms with E-state index < -0.39 is 5.41 Å². The molecule has 1 heterocycles. The van der Waals surface area contributed by atoms with Gasteiger partial charge < -0.3 is 9.80 Å². The molecule has 120 valence electrons. The maximum absolute atomic E-state index is 12.4. The Morgan fingerprint density at radius 3 is 2.27 bits per heavy atom. The average molecular weight is 343 g/mol. The van der Waals surface area contributed by atoms with Gasteiger partial charge in [-0.25, -0.2) is 0 Å². The predicted octanol–water partition coefficient (Wildman–Crippen LogP) is 2.89. The first-order chi connectivity index (χ1) is 10.3. The van der Waals surface area contributed by atoms with Crippen LogP contribution in [0.2, 0.25) is 5.02 Å². The summed E-state index contributed by atoms with van der Waals surface area (Å²) in [6.07, 6.45) is 0. The van der Waals surface area contributed by atoms with Crippen molar-refractivity contribution in [3.63, 3.8) is 0 Å². The minimum atomic E-state index is -0.569. The molecule has 0 bridgehead atoms. The maximum Gasteiger partial charge on any atom is 0.254 e. The average Bonchev–Trinajstić information content (AvgIpc) is 2.53. The number of carbonyl (C=O) groups is 2. The number of piperazine rings is 1. The summed E-state index contributed by atoms with van der Waals surface area (Å²) in [6, 6.07) is 6.92. The van der Waals surface area contributed by atoms with Crippen molar-refractivity contribution in [3.8, 4) is 0 Å². The zero-order chi connectivity index (χ0) is 16.3. The molecule has 0 saturated carbocycles. The summed E-state index contributed by atoms with van der Waals surface area (Å²) in [4.78, 5) is 28.3. The Bertz CT molecular complexity index is 567. The topological polar surface area (TPSA) is 40.6 Å². The van der Waals surface area contributed by atoms with Crippen molar-refractivity contribution in [1.82, 2.24) is 9.80 Å². The van der Waals surface area contributed by atoms with Crippen LogP contribution in [-0.4, -0.2) is 53.7 Å². The lowest BCUT2D eigenvalue weighted by atomic mass is 9.94. The van der Waals surface area contributed by atoms with E-state index in [2.05, 4.69) is 0 Å². The van der Waals surface area contributed by atoms with E-state index in [1.165, 1.54) is 0 Å². The van der Waals surface area contributed by atoms with Crippen LogP contribution in [-0.2, 0) is 4.79 Å². The number of rotatable bonds is 3. The Morgan fingerprint density at radius 2 is 1.73 bits per heavy atom. The van der Waals surface area contributed by atoms with Crippen molar-refractivity contribution in [1.29, 1.82) is 0 Å². The third kappa shape index (κ3) is 3.73. The van der Waals surface area contributed by atoms with Gasteiger partial charge in [0.2, 0.25) is 5.91 Å². The number of nitrogens with zero attached hydrogens (tertiary/aromatic N) is 2. The van der Waals surface area contributed by atoms with E-state index in [1.54, 1.807) is 34.1 Å². The molecule has 1 saturated heterocycles. The van der Waals surface area contributed by atoms with Gasteiger partial charge in [-0.1, -0.05) is 17.7 Å². The van der Waals surface area contributed by atoms with E-state index in [1.807, 2.05) is 13.8 Å². The summed E-state index contributed by atoms with van der Waals surface area (Å²) in [5, 5.41) is 0.545. The highest BCUT2D eigenvalue weighted by atomic mass is 35.5. The van der Waals surface area contributed by atoms with Gasteiger partial charge in [-0.2, -0.15) is 0 Å². The van der Waals surface area contributed by atoms with Gasteiger partial charge in [0.25, 0.3) is 5.91 Å². The molecule has 2 rings (SSSR count). The zero-order valence-electron chi connectivity index (χ0n) is 12.8. The van der Waals surface area contributed by atoms with Crippen LogP contribution in [0.5, 0.6) is 0 Å². The molecule has 4 nitrogen and oxygen atoms in total. The zero-order valence-corrected chi connectivity index (χ0v) is 14.3. The Balaban J connectivity index is 1.98. The van der Waals surface area contributed by atoms with Crippen molar-refractivity contribution >= 4 is 35.0 Å². The van der Waals surface area contributed by atoms with Crippen LogP contribution < -0.4 is 0 Å². The summed E-state index contributed by atoms with van der Waals surface area (Å²) < 4.78 is 0. The largest absolute Gasteiger partial charge is 0.339 e. The molecular weight excluding hydrogens is 323 g/mol. The van der Waals surface area contributed by atoms with E-state index in [0.29, 0.717) is 36.8 Å². The molecule has 2 amide bonds. The third-order valence-corrected chi connectivity index (χ3v) is 4.74. The number of benzene rings is 1. The molecular formula is C16H20Cl2N2O2. The van der Waals surface area contributed by atoms with Gasteiger partial charge >= 0.3 is 0 Å². The Morgan fingerprint density at radius 1 is 1.14 bits per heavy atom. The van der Waals surface area contributed by atoms with Gasteiger partial charge in [0.15, 0.2) is 0 Å². The molecule has 0 aromatic heterocycles. The molecule has 6 heteroatoms. The fourth-order valence-electron chi connectivity index (χ4n) is 2.40. The first kappa shape index (κ1) is 17.1. The van der Waals surface area contributed by atoms with Crippen molar-refractivity contribution in [2.45, 2.75) is 13.8 Å². The minimum Gasteiger partial charge on any atom is -0.339 e. The van der Waals surface area contributed by atoms with Crippen LogP contribution in [0.1, 0.15) is 24.2 Å². The Kier molecular flexibility index (Phi) is 5.35. The monoisotopic (exact) mass is 342 g/mol. The van der Waals surface area contributed by atoms with Crippen LogP contribution in [0, 0.1) is 5.41 Å². The van der Waals surface area contributed by atoms with E-state index in [9.17, 15) is 9.59 Å². The molecule has 1 aliphatic rings. The second kappa shape index (κ2) is 6.88. The van der Waals surface area contributed by atoms with Crippen molar-refractivity contribution in [2.75, 3.05) is 32.1 Å². The van der Waals surface area contributed by atoms with E-state index in [-0.39, 0.29) is 17.7 Å². The van der Waals surface area contributed by atoms with E-state index in [0.717, 1.165) is 0 Å². The molecule has 1 aromatic rings. The lowest BCUT2D eigenvalue weighted by molar-refractivity contribution is -0.140. The number of carbonyl (C=O) groups excluding carboxylic acids is 2. The first-order valence-electron chi connectivity index (χ1n) is 7.25. The standard InChI is InChI=1S/C16H20Cl2N2O2/c1-16(2,11-17)15(22)20-8-6-19(7-9-20)14(21)12-4-3-5-13(18)10-12/h3-5,10H,6-9,11H2,1-2H3. The lowest BCUT2D eigenvalue weighted by Crippen LogP contribution is -2.53. The van der Waals surface area contributed by atoms with Crippen molar-refractivity contribution in [3.05, 3.63) is 34.9 Å². The van der Waals surface area contributed by atoms with Gasteiger partial charge in [-0.05, 0) is 32.0 Å². The van der Waals surface area contributed by atoms with E-state index >= 15 is 0 Å². The summed E-state index contributed by atoms with van der Waals surface area (Å²) in [5.74, 6) is 0.275. The molecule has 0 aliphatic carbocycles. The molecule has 1 aliphatic heterocycles. The SMILES string of the molecule is CC(C)(CCl)C(=O)N1CCN(C(=O)c2cccc(Cl)c2)CC1. The van der Waals surface area contributed by atoms with E-state index in [4.69, 9.17) is 23.2 Å². The second-order valence-electron chi connectivity index (χ2n) is 6.11. The number of hydrogen-bond acceptors (Lipinski definition) is 2. The number of halogens is 2. The maximum atomic E-state index is 12.4. The number of amides is 2. The number of hydrogen-bond donors (Lipinski definition) is 0. The highest BCUT2D eigenvalue weighted by molar-refractivity contribution is 6.30. The molecule has 0 N–H and O–H groups in total. The highest BCUT2D eigenvalue weighted by Crippen LogP contribution is 2.22.